The second kappa shape index (κ2) is 20.1. The Morgan fingerprint density at radius 1 is 0.730 bits per heavy atom. The molecule has 0 radical (unpaired) electrons. The summed E-state index contributed by atoms with van der Waals surface area (Å²) in [6.07, 6.45) is 23.2. The first kappa shape index (κ1) is 31.2. The topological polar surface area (TPSA) is 35.0 Å². The summed E-state index contributed by atoms with van der Waals surface area (Å²) in [5, 5.41) is 0. The SMILES string of the molecule is CCCCCCCCCCCCc1ccc(-c2ncc(OCCC(F)CC(C)CCCCC)cn2)cc1. The van der Waals surface area contributed by atoms with Crippen molar-refractivity contribution in [2.45, 2.75) is 136 Å². The Hall–Kier alpha value is -1.97. The summed E-state index contributed by atoms with van der Waals surface area (Å²) in [6, 6.07) is 8.61. The number of unbranched alkanes of at least 4 members (excludes halogenated alkanes) is 11. The third-order valence-electron chi connectivity index (χ3n) is 7.32. The van der Waals surface area contributed by atoms with Gasteiger partial charge in [0.2, 0.25) is 0 Å². The van der Waals surface area contributed by atoms with Crippen LogP contribution in [0.2, 0.25) is 0 Å². The maximum Gasteiger partial charge on any atom is 0.159 e. The molecule has 2 aromatic rings. The molecule has 0 N–H and O–H groups in total. The minimum Gasteiger partial charge on any atom is -0.490 e. The molecule has 2 unspecified atom stereocenters. The normalized spacial score (nSPS) is 13.0. The Labute approximate surface area is 227 Å². The van der Waals surface area contributed by atoms with Gasteiger partial charge in [0.05, 0.1) is 19.0 Å². The Kier molecular flexibility index (Phi) is 16.9. The summed E-state index contributed by atoms with van der Waals surface area (Å²) in [5.41, 5.74) is 2.39. The van der Waals surface area contributed by atoms with Gasteiger partial charge in [-0.15, -0.1) is 0 Å². The molecule has 1 aromatic carbocycles. The molecule has 0 aliphatic heterocycles. The molecular weight excluding hydrogens is 459 g/mol. The molecule has 0 saturated carbocycles. The lowest BCUT2D eigenvalue weighted by Crippen LogP contribution is -2.12. The fourth-order valence-electron chi connectivity index (χ4n) is 4.90. The van der Waals surface area contributed by atoms with Crippen molar-refractivity contribution in [3.05, 3.63) is 42.2 Å². The summed E-state index contributed by atoms with van der Waals surface area (Å²) in [4.78, 5) is 8.93. The predicted octanol–water partition coefficient (Wildman–Crippen LogP) is 10.3. The number of rotatable bonds is 22. The summed E-state index contributed by atoms with van der Waals surface area (Å²) in [6.45, 7) is 6.99. The van der Waals surface area contributed by atoms with Crippen LogP contribution < -0.4 is 4.74 Å². The number of halogens is 1. The highest BCUT2D eigenvalue weighted by Gasteiger charge is 2.12. The second-order valence-electron chi connectivity index (χ2n) is 10.9. The van der Waals surface area contributed by atoms with E-state index in [-0.39, 0.29) is 0 Å². The fraction of sp³-hybridized carbons (Fsp3) is 0.697. The highest BCUT2D eigenvalue weighted by atomic mass is 19.1. The van der Waals surface area contributed by atoms with Crippen LogP contribution in [0.4, 0.5) is 4.39 Å². The number of nitrogens with zero attached hydrogens (tertiary/aromatic N) is 2. The maximum atomic E-state index is 14.3. The molecule has 0 bridgehead atoms. The molecule has 1 heterocycles. The molecule has 4 heteroatoms. The predicted molar refractivity (Wildman–Crippen MR) is 156 cm³/mol. The molecule has 1 aromatic heterocycles. The van der Waals surface area contributed by atoms with E-state index in [4.69, 9.17) is 4.74 Å². The van der Waals surface area contributed by atoms with Crippen molar-refractivity contribution in [2.75, 3.05) is 6.61 Å². The van der Waals surface area contributed by atoms with Crippen molar-refractivity contribution in [1.82, 2.24) is 9.97 Å². The van der Waals surface area contributed by atoms with E-state index in [1.807, 2.05) is 0 Å². The number of benzene rings is 1. The van der Waals surface area contributed by atoms with Gasteiger partial charge in [-0.25, -0.2) is 14.4 Å². The van der Waals surface area contributed by atoms with Crippen LogP contribution in [-0.4, -0.2) is 22.7 Å². The average molecular weight is 513 g/mol. The Bertz CT molecular complexity index is 793. The van der Waals surface area contributed by atoms with Crippen molar-refractivity contribution >= 4 is 0 Å². The molecule has 0 amide bonds. The summed E-state index contributed by atoms with van der Waals surface area (Å²) in [5.74, 6) is 1.73. The number of alkyl halides is 1. The van der Waals surface area contributed by atoms with Crippen LogP contribution in [-0.2, 0) is 6.42 Å². The molecule has 208 valence electrons. The van der Waals surface area contributed by atoms with Crippen LogP contribution in [0.3, 0.4) is 0 Å². The molecule has 0 fully saturated rings. The van der Waals surface area contributed by atoms with E-state index in [0.717, 1.165) is 18.4 Å². The zero-order valence-electron chi connectivity index (χ0n) is 24.0. The van der Waals surface area contributed by atoms with E-state index < -0.39 is 6.17 Å². The molecule has 37 heavy (non-hydrogen) atoms. The maximum absolute atomic E-state index is 14.3. The largest absolute Gasteiger partial charge is 0.490 e. The smallest absolute Gasteiger partial charge is 0.159 e. The molecule has 0 spiro atoms. The van der Waals surface area contributed by atoms with Crippen molar-refractivity contribution in [2.24, 2.45) is 5.92 Å². The molecule has 0 aliphatic carbocycles. The van der Waals surface area contributed by atoms with Crippen LogP contribution >= 0.6 is 0 Å². The van der Waals surface area contributed by atoms with Crippen LogP contribution in [0.25, 0.3) is 11.4 Å². The van der Waals surface area contributed by atoms with E-state index in [9.17, 15) is 4.39 Å². The third-order valence-corrected chi connectivity index (χ3v) is 7.32. The van der Waals surface area contributed by atoms with E-state index in [1.54, 1.807) is 12.4 Å². The van der Waals surface area contributed by atoms with Crippen molar-refractivity contribution < 1.29 is 9.13 Å². The molecule has 2 atom stereocenters. The van der Waals surface area contributed by atoms with Gasteiger partial charge in [-0.05, 0) is 30.7 Å². The number of hydrogen-bond donors (Lipinski definition) is 0. The Balaban J connectivity index is 1.60. The minimum atomic E-state index is -0.810. The van der Waals surface area contributed by atoms with Gasteiger partial charge in [0.15, 0.2) is 11.6 Å². The highest BCUT2D eigenvalue weighted by Crippen LogP contribution is 2.21. The van der Waals surface area contributed by atoms with Crippen LogP contribution in [0, 0.1) is 5.92 Å². The lowest BCUT2D eigenvalue weighted by atomic mass is 9.96. The zero-order valence-corrected chi connectivity index (χ0v) is 24.0. The first-order valence-corrected chi connectivity index (χ1v) is 15.3. The van der Waals surface area contributed by atoms with Crippen LogP contribution in [0.5, 0.6) is 5.75 Å². The number of aromatic nitrogens is 2. The van der Waals surface area contributed by atoms with E-state index in [2.05, 4.69) is 55.0 Å². The standard InChI is InChI=1S/C33H53FN2O/c1-4-6-8-9-10-11-12-13-14-16-18-29-19-21-30(22-20-29)33-35-26-32(27-36-33)37-24-23-31(34)25-28(3)17-15-7-5-2/h19-22,26-28,31H,4-18,23-25H2,1-3H3. The fourth-order valence-corrected chi connectivity index (χ4v) is 4.90. The first-order chi connectivity index (χ1) is 18.1. The van der Waals surface area contributed by atoms with Crippen LogP contribution in [0.1, 0.15) is 129 Å². The quantitative estimate of drug-likeness (QED) is 0.147. The monoisotopic (exact) mass is 512 g/mol. The second-order valence-corrected chi connectivity index (χ2v) is 10.9. The molecular formula is C33H53FN2O. The highest BCUT2D eigenvalue weighted by molar-refractivity contribution is 5.55. The van der Waals surface area contributed by atoms with Gasteiger partial charge in [0.25, 0.3) is 0 Å². The zero-order chi connectivity index (χ0) is 26.6. The number of ether oxygens (including phenoxy) is 1. The average Bonchev–Trinajstić information content (AvgIpc) is 2.91. The molecule has 3 nitrogen and oxygen atoms in total. The van der Waals surface area contributed by atoms with Gasteiger partial charge in [0, 0.05) is 12.0 Å². The number of aryl methyl sites for hydroxylation is 1. The molecule has 0 aliphatic rings. The van der Waals surface area contributed by atoms with Crippen molar-refractivity contribution in [3.8, 4) is 17.1 Å². The Morgan fingerprint density at radius 3 is 1.92 bits per heavy atom. The number of hydrogen-bond acceptors (Lipinski definition) is 3. The lowest BCUT2D eigenvalue weighted by molar-refractivity contribution is 0.204. The summed E-state index contributed by atoms with van der Waals surface area (Å²) < 4.78 is 20.0. The summed E-state index contributed by atoms with van der Waals surface area (Å²) in [7, 11) is 0. The van der Waals surface area contributed by atoms with Gasteiger partial charge in [-0.1, -0.05) is 129 Å². The van der Waals surface area contributed by atoms with Crippen LogP contribution in [0.15, 0.2) is 36.7 Å². The van der Waals surface area contributed by atoms with Crippen molar-refractivity contribution in [1.29, 1.82) is 0 Å². The Morgan fingerprint density at radius 2 is 1.30 bits per heavy atom. The first-order valence-electron chi connectivity index (χ1n) is 15.3. The third kappa shape index (κ3) is 14.5. The van der Waals surface area contributed by atoms with E-state index >= 15 is 0 Å². The van der Waals surface area contributed by atoms with Gasteiger partial charge in [-0.2, -0.15) is 0 Å². The minimum absolute atomic E-state index is 0.360. The van der Waals surface area contributed by atoms with Gasteiger partial charge in [-0.3, -0.25) is 0 Å². The van der Waals surface area contributed by atoms with Crippen molar-refractivity contribution in [3.63, 3.8) is 0 Å². The molecule has 2 rings (SSSR count). The van der Waals surface area contributed by atoms with Gasteiger partial charge < -0.3 is 4.74 Å². The van der Waals surface area contributed by atoms with E-state index in [1.165, 1.54) is 89.0 Å². The summed E-state index contributed by atoms with van der Waals surface area (Å²) >= 11 is 0. The molecule has 0 saturated heterocycles. The van der Waals surface area contributed by atoms with Gasteiger partial charge >= 0.3 is 0 Å². The lowest BCUT2D eigenvalue weighted by Gasteiger charge is -2.15. The van der Waals surface area contributed by atoms with Gasteiger partial charge in [0.1, 0.15) is 6.17 Å². The van der Waals surface area contributed by atoms with E-state index in [0.29, 0.717) is 36.9 Å².